The number of halogens is 5. The molecule has 0 saturated heterocycles. The number of benzene rings is 4. The summed E-state index contributed by atoms with van der Waals surface area (Å²) in [7, 11) is -8.91. The lowest BCUT2D eigenvalue weighted by Gasteiger charge is -2.39. The van der Waals surface area contributed by atoms with Crippen LogP contribution in [0.25, 0.3) is 0 Å². The van der Waals surface area contributed by atoms with Crippen molar-refractivity contribution in [2.75, 3.05) is 0 Å². The maximum atomic E-state index is 14.7. The van der Waals surface area contributed by atoms with Crippen LogP contribution in [0.4, 0.5) is 22.0 Å². The molecule has 4 rings (SSSR count). The summed E-state index contributed by atoms with van der Waals surface area (Å²) in [5.74, 6) is -12.2. The van der Waals surface area contributed by atoms with Crippen LogP contribution < -0.4 is 0 Å². The van der Waals surface area contributed by atoms with Gasteiger partial charge in [-0.25, -0.2) is 25.6 Å². The SMILES string of the molecule is CC(C)(C)c1ccc(S(OS(=O)(=O)c2c(F)c(F)c(F)c(F)c2F)(c2ccccc2)c2ccccc2)cc1. The van der Waals surface area contributed by atoms with E-state index in [9.17, 15) is 30.4 Å². The second kappa shape index (κ2) is 10.2. The fourth-order valence-corrected chi connectivity index (χ4v) is 9.19. The molecule has 0 N–H and O–H groups in total. The van der Waals surface area contributed by atoms with E-state index in [4.69, 9.17) is 3.63 Å². The molecule has 0 bridgehead atoms. The first-order valence-corrected chi connectivity index (χ1v) is 14.3. The Balaban J connectivity index is 2.06. The van der Waals surface area contributed by atoms with Crippen LogP contribution >= 0.6 is 10.3 Å². The summed E-state index contributed by atoms with van der Waals surface area (Å²) < 4.78 is 104. The normalized spacial score (nSPS) is 12.9. The minimum Gasteiger partial charge on any atom is -0.203 e. The van der Waals surface area contributed by atoms with Gasteiger partial charge in [-0.15, -0.1) is 0 Å². The Hall–Kier alpha value is -3.21. The first-order valence-electron chi connectivity index (χ1n) is 11.3. The molecule has 0 aromatic heterocycles. The van der Waals surface area contributed by atoms with Crippen LogP contribution in [0.1, 0.15) is 26.3 Å². The second-order valence-corrected chi connectivity index (χ2v) is 13.8. The van der Waals surface area contributed by atoms with Crippen LogP contribution in [0, 0.1) is 29.1 Å². The molecule has 0 amide bonds. The van der Waals surface area contributed by atoms with E-state index in [0.717, 1.165) is 5.56 Å². The van der Waals surface area contributed by atoms with Gasteiger partial charge in [-0.1, -0.05) is 69.3 Å². The van der Waals surface area contributed by atoms with Gasteiger partial charge in [-0.2, -0.15) is 8.42 Å². The first kappa shape index (κ1) is 27.8. The fourth-order valence-electron chi connectivity index (χ4n) is 3.87. The lowest BCUT2D eigenvalue weighted by Crippen LogP contribution is -2.19. The van der Waals surface area contributed by atoms with Gasteiger partial charge in [-0.3, -0.25) is 0 Å². The highest BCUT2D eigenvalue weighted by atomic mass is 32.3. The van der Waals surface area contributed by atoms with Crippen LogP contribution in [-0.4, -0.2) is 8.42 Å². The molecule has 4 aromatic carbocycles. The Bertz CT molecular complexity index is 1500. The van der Waals surface area contributed by atoms with Crippen molar-refractivity contribution in [3.63, 3.8) is 0 Å². The van der Waals surface area contributed by atoms with E-state index < -0.39 is 54.4 Å². The Kier molecular flexibility index (Phi) is 7.44. The molecule has 0 spiro atoms. The standard InChI is InChI=1S/C28H23F5O3S2/c1-28(2,3)18-14-16-21(17-15-18)37(19-10-6-4-7-11-19,20-12-8-5-9-13-20)36-38(34,35)27-25(32)23(30)22(29)24(31)26(27)33/h4-17H,1-3H3. The zero-order valence-corrected chi connectivity index (χ0v) is 22.1. The molecule has 0 heterocycles. The summed E-state index contributed by atoms with van der Waals surface area (Å²) in [6.07, 6.45) is 0. The molecule has 0 aliphatic rings. The molecule has 0 unspecified atom stereocenters. The molecule has 0 atom stereocenters. The number of rotatable bonds is 6. The van der Waals surface area contributed by atoms with Crippen molar-refractivity contribution in [1.29, 1.82) is 0 Å². The Morgan fingerprint density at radius 1 is 0.553 bits per heavy atom. The Morgan fingerprint density at radius 2 is 0.921 bits per heavy atom. The van der Waals surface area contributed by atoms with Crippen molar-refractivity contribution in [3.8, 4) is 0 Å². The molecule has 10 heteroatoms. The molecular weight excluding hydrogens is 543 g/mol. The van der Waals surface area contributed by atoms with Gasteiger partial charge in [0, 0.05) is 14.7 Å². The van der Waals surface area contributed by atoms with Crippen molar-refractivity contribution in [1.82, 2.24) is 0 Å². The van der Waals surface area contributed by atoms with Crippen LogP contribution in [-0.2, 0) is 19.2 Å². The summed E-state index contributed by atoms with van der Waals surface area (Å²) >= 11 is 0. The van der Waals surface area contributed by atoms with Gasteiger partial charge in [0.15, 0.2) is 28.2 Å². The third-order valence-corrected chi connectivity index (χ3v) is 11.0. The lowest BCUT2D eigenvalue weighted by atomic mass is 9.87. The van der Waals surface area contributed by atoms with Crippen molar-refractivity contribution >= 4 is 20.4 Å². The van der Waals surface area contributed by atoms with E-state index in [1.807, 2.05) is 20.8 Å². The van der Waals surface area contributed by atoms with E-state index in [0.29, 0.717) is 14.7 Å². The molecule has 200 valence electrons. The molecule has 4 aromatic rings. The molecule has 0 aliphatic heterocycles. The molecule has 0 radical (unpaired) electrons. The van der Waals surface area contributed by atoms with Crippen LogP contribution in [0.5, 0.6) is 0 Å². The third kappa shape index (κ3) is 4.83. The van der Waals surface area contributed by atoms with Crippen LogP contribution in [0.3, 0.4) is 0 Å². The van der Waals surface area contributed by atoms with Crippen molar-refractivity contribution in [2.24, 2.45) is 0 Å². The first-order chi connectivity index (χ1) is 17.8. The van der Waals surface area contributed by atoms with Gasteiger partial charge < -0.3 is 0 Å². The highest BCUT2D eigenvalue weighted by Crippen LogP contribution is 2.70. The molecular formula is C28H23F5O3S2. The zero-order valence-electron chi connectivity index (χ0n) is 20.5. The van der Waals surface area contributed by atoms with Crippen LogP contribution in [0.15, 0.2) is 105 Å². The predicted octanol–water partition coefficient (Wildman–Crippen LogP) is 8.28. The minimum atomic E-state index is -5.58. The second-order valence-electron chi connectivity index (χ2n) is 9.38. The van der Waals surface area contributed by atoms with Gasteiger partial charge in [0.1, 0.15) is 0 Å². The third-order valence-electron chi connectivity index (χ3n) is 5.81. The van der Waals surface area contributed by atoms with Crippen molar-refractivity contribution in [2.45, 2.75) is 45.8 Å². The van der Waals surface area contributed by atoms with Crippen molar-refractivity contribution < 1.29 is 34.0 Å². The molecule has 38 heavy (non-hydrogen) atoms. The van der Waals surface area contributed by atoms with E-state index in [-0.39, 0.29) is 5.41 Å². The smallest absolute Gasteiger partial charge is 0.203 e. The monoisotopic (exact) mass is 566 g/mol. The topological polar surface area (TPSA) is 43.4 Å². The Morgan fingerprint density at radius 3 is 1.32 bits per heavy atom. The zero-order chi connectivity index (χ0) is 27.9. The average molecular weight is 567 g/mol. The van der Waals surface area contributed by atoms with Crippen LogP contribution in [0.2, 0.25) is 0 Å². The van der Waals surface area contributed by atoms with E-state index in [1.54, 1.807) is 84.9 Å². The maximum absolute atomic E-state index is 14.7. The molecule has 3 nitrogen and oxygen atoms in total. The summed E-state index contributed by atoms with van der Waals surface area (Å²) in [5.41, 5.74) is 0.663. The Labute approximate surface area is 219 Å². The minimum absolute atomic E-state index is 0.252. The quantitative estimate of drug-likeness (QED) is 0.134. The average Bonchev–Trinajstić information content (AvgIpc) is 2.90. The van der Waals surface area contributed by atoms with Gasteiger partial charge in [0.25, 0.3) is 0 Å². The molecule has 0 saturated carbocycles. The van der Waals surface area contributed by atoms with Gasteiger partial charge >= 0.3 is 10.1 Å². The van der Waals surface area contributed by atoms with Gasteiger partial charge in [-0.05, 0) is 57.7 Å². The fraction of sp³-hybridized carbons (Fsp3) is 0.143. The summed E-state index contributed by atoms with van der Waals surface area (Å²) in [6, 6.07) is 23.0. The lowest BCUT2D eigenvalue weighted by molar-refractivity contribution is 0.354. The summed E-state index contributed by atoms with van der Waals surface area (Å²) in [6.45, 7) is 5.96. The predicted molar refractivity (Wildman–Crippen MR) is 135 cm³/mol. The van der Waals surface area contributed by atoms with E-state index in [1.165, 1.54) is 0 Å². The van der Waals surface area contributed by atoms with Gasteiger partial charge in [0.2, 0.25) is 5.82 Å². The highest BCUT2D eigenvalue weighted by Gasteiger charge is 2.42. The molecule has 0 aliphatic carbocycles. The largest absolute Gasteiger partial charge is 0.313 e. The number of hydrogen-bond donors (Lipinski definition) is 0. The summed E-state index contributed by atoms with van der Waals surface area (Å²) in [4.78, 5) is -1.08. The van der Waals surface area contributed by atoms with Crippen molar-refractivity contribution in [3.05, 3.63) is 120 Å². The van der Waals surface area contributed by atoms with Gasteiger partial charge in [0.05, 0.1) is 0 Å². The van der Waals surface area contributed by atoms with E-state index in [2.05, 4.69) is 0 Å². The highest BCUT2D eigenvalue weighted by molar-refractivity contribution is 8.33. The maximum Gasteiger partial charge on any atom is 0.313 e. The van der Waals surface area contributed by atoms with E-state index >= 15 is 0 Å². The number of hydrogen-bond acceptors (Lipinski definition) is 3. The molecule has 0 fully saturated rings. The summed E-state index contributed by atoms with van der Waals surface area (Å²) in [5, 5.41) is 0.